The first-order valence-corrected chi connectivity index (χ1v) is 8.12. The number of nitrogens with one attached hydrogen (secondary N) is 1. The van der Waals surface area contributed by atoms with Crippen LogP contribution in [-0.2, 0) is 11.3 Å². The molecule has 1 aromatic carbocycles. The van der Waals surface area contributed by atoms with Gasteiger partial charge in [0.25, 0.3) is 0 Å². The van der Waals surface area contributed by atoms with Crippen LogP contribution >= 0.6 is 0 Å². The van der Waals surface area contributed by atoms with E-state index in [-0.39, 0.29) is 6.10 Å². The molecule has 1 N–H and O–H groups in total. The van der Waals surface area contributed by atoms with Gasteiger partial charge in [-0.1, -0.05) is 32.9 Å². The molecule has 1 fully saturated rings. The number of likely N-dealkylation sites (N-methyl/N-ethyl adjacent to an activating group) is 1. The topological polar surface area (TPSA) is 30.5 Å². The zero-order chi connectivity index (χ0) is 15.2. The Hall–Kier alpha value is -1.06. The van der Waals surface area contributed by atoms with Crippen LogP contribution in [0, 0.1) is 11.8 Å². The molecule has 1 aromatic rings. The Kier molecular flexibility index (Phi) is 6.07. The maximum Gasteiger partial charge on any atom is 0.120 e. The SMILES string of the molecule is CCNC1CC(C)CC(C)C1Oc1cccc(COC)c1. The van der Waals surface area contributed by atoms with Gasteiger partial charge in [-0.05, 0) is 48.9 Å². The van der Waals surface area contributed by atoms with E-state index in [1.54, 1.807) is 7.11 Å². The standard InChI is InChI=1S/C18H29NO2/c1-5-19-17-10-13(2)9-14(3)18(17)21-16-8-6-7-15(11-16)12-20-4/h6-8,11,13-14,17-19H,5,9-10,12H2,1-4H3. The third-order valence-electron chi connectivity index (χ3n) is 4.34. The van der Waals surface area contributed by atoms with E-state index in [1.807, 2.05) is 12.1 Å². The number of ether oxygens (including phenoxy) is 2. The predicted octanol–water partition coefficient (Wildman–Crippen LogP) is 3.62. The summed E-state index contributed by atoms with van der Waals surface area (Å²) in [6.45, 7) is 8.44. The predicted molar refractivity (Wildman–Crippen MR) is 86.6 cm³/mol. The molecule has 3 nitrogen and oxygen atoms in total. The summed E-state index contributed by atoms with van der Waals surface area (Å²) in [7, 11) is 1.72. The maximum atomic E-state index is 6.35. The van der Waals surface area contributed by atoms with Gasteiger partial charge in [-0.3, -0.25) is 0 Å². The van der Waals surface area contributed by atoms with Crippen LogP contribution in [0.4, 0.5) is 0 Å². The molecule has 0 bridgehead atoms. The lowest BCUT2D eigenvalue weighted by molar-refractivity contribution is 0.0481. The van der Waals surface area contributed by atoms with E-state index >= 15 is 0 Å². The number of benzene rings is 1. The highest BCUT2D eigenvalue weighted by Crippen LogP contribution is 2.32. The molecule has 3 heteroatoms. The highest BCUT2D eigenvalue weighted by atomic mass is 16.5. The number of rotatable bonds is 6. The normalized spacial score (nSPS) is 29.3. The molecule has 1 aliphatic rings. The fourth-order valence-electron chi connectivity index (χ4n) is 3.52. The first-order valence-electron chi connectivity index (χ1n) is 8.12. The number of methoxy groups -OCH3 is 1. The van der Waals surface area contributed by atoms with Gasteiger partial charge in [0.2, 0.25) is 0 Å². The summed E-state index contributed by atoms with van der Waals surface area (Å²) in [5.41, 5.74) is 1.16. The summed E-state index contributed by atoms with van der Waals surface area (Å²) in [5, 5.41) is 3.61. The molecule has 1 saturated carbocycles. The number of hydrogen-bond acceptors (Lipinski definition) is 3. The van der Waals surface area contributed by atoms with E-state index in [4.69, 9.17) is 9.47 Å². The van der Waals surface area contributed by atoms with Crippen LogP contribution in [0.5, 0.6) is 5.75 Å². The molecule has 0 saturated heterocycles. The molecule has 0 amide bonds. The van der Waals surface area contributed by atoms with E-state index < -0.39 is 0 Å². The minimum Gasteiger partial charge on any atom is -0.489 e. The molecule has 4 atom stereocenters. The average Bonchev–Trinajstić information content (AvgIpc) is 2.44. The van der Waals surface area contributed by atoms with Gasteiger partial charge < -0.3 is 14.8 Å². The molecule has 0 aromatic heterocycles. The van der Waals surface area contributed by atoms with Crippen molar-refractivity contribution in [3.05, 3.63) is 29.8 Å². The third kappa shape index (κ3) is 4.45. The van der Waals surface area contributed by atoms with Crippen LogP contribution in [0.15, 0.2) is 24.3 Å². The van der Waals surface area contributed by atoms with Crippen molar-refractivity contribution in [1.29, 1.82) is 0 Å². The second-order valence-corrected chi connectivity index (χ2v) is 6.38. The quantitative estimate of drug-likeness (QED) is 0.868. The summed E-state index contributed by atoms with van der Waals surface area (Å²) in [4.78, 5) is 0. The van der Waals surface area contributed by atoms with Crippen molar-refractivity contribution in [2.24, 2.45) is 11.8 Å². The summed E-state index contributed by atoms with van der Waals surface area (Å²) in [6, 6.07) is 8.70. The maximum absolute atomic E-state index is 6.35. The van der Waals surface area contributed by atoms with E-state index in [2.05, 4.69) is 38.2 Å². The van der Waals surface area contributed by atoms with Crippen molar-refractivity contribution < 1.29 is 9.47 Å². The lowest BCUT2D eigenvalue weighted by atomic mass is 9.78. The highest BCUT2D eigenvalue weighted by Gasteiger charge is 2.35. The summed E-state index contributed by atoms with van der Waals surface area (Å²) in [5.74, 6) is 2.30. The summed E-state index contributed by atoms with van der Waals surface area (Å²) in [6.07, 6.45) is 2.68. The van der Waals surface area contributed by atoms with E-state index in [9.17, 15) is 0 Å². The van der Waals surface area contributed by atoms with Gasteiger partial charge in [0.05, 0.1) is 6.61 Å². The Morgan fingerprint density at radius 2 is 2.05 bits per heavy atom. The van der Waals surface area contributed by atoms with Crippen LogP contribution in [0.1, 0.15) is 39.2 Å². The van der Waals surface area contributed by atoms with Gasteiger partial charge in [-0.2, -0.15) is 0 Å². The number of hydrogen-bond donors (Lipinski definition) is 1. The fraction of sp³-hybridized carbons (Fsp3) is 0.667. The van der Waals surface area contributed by atoms with Crippen molar-refractivity contribution in [3.63, 3.8) is 0 Å². The summed E-state index contributed by atoms with van der Waals surface area (Å²) >= 11 is 0. The van der Waals surface area contributed by atoms with E-state index in [1.165, 1.54) is 12.8 Å². The lowest BCUT2D eigenvalue weighted by Gasteiger charge is -2.40. The molecule has 0 aliphatic heterocycles. The van der Waals surface area contributed by atoms with Crippen LogP contribution < -0.4 is 10.1 Å². The van der Waals surface area contributed by atoms with Gasteiger partial charge in [-0.25, -0.2) is 0 Å². The van der Waals surface area contributed by atoms with Crippen molar-refractivity contribution >= 4 is 0 Å². The minimum atomic E-state index is 0.249. The lowest BCUT2D eigenvalue weighted by Crippen LogP contribution is -2.50. The fourth-order valence-corrected chi connectivity index (χ4v) is 3.52. The first kappa shape index (κ1) is 16.3. The molecule has 0 spiro atoms. The van der Waals surface area contributed by atoms with Crippen LogP contribution in [0.3, 0.4) is 0 Å². The highest BCUT2D eigenvalue weighted by molar-refractivity contribution is 5.28. The second kappa shape index (κ2) is 7.81. The molecule has 0 radical (unpaired) electrons. The van der Waals surface area contributed by atoms with Gasteiger partial charge in [0.1, 0.15) is 11.9 Å². The van der Waals surface area contributed by atoms with Crippen LogP contribution in [0.2, 0.25) is 0 Å². The Bertz CT molecular complexity index is 435. The van der Waals surface area contributed by atoms with Crippen LogP contribution in [-0.4, -0.2) is 25.8 Å². The van der Waals surface area contributed by atoms with Gasteiger partial charge in [-0.15, -0.1) is 0 Å². The van der Waals surface area contributed by atoms with E-state index in [0.717, 1.165) is 23.8 Å². The Balaban J connectivity index is 2.09. The molecular formula is C18H29NO2. The summed E-state index contributed by atoms with van der Waals surface area (Å²) < 4.78 is 11.5. The van der Waals surface area contributed by atoms with Crippen molar-refractivity contribution in [3.8, 4) is 5.75 Å². The van der Waals surface area contributed by atoms with Crippen molar-refractivity contribution in [2.75, 3.05) is 13.7 Å². The van der Waals surface area contributed by atoms with Crippen molar-refractivity contribution in [2.45, 2.75) is 52.4 Å². The van der Waals surface area contributed by atoms with E-state index in [0.29, 0.717) is 18.6 Å². The Labute approximate surface area is 129 Å². The smallest absolute Gasteiger partial charge is 0.120 e. The molecule has 0 heterocycles. The average molecular weight is 291 g/mol. The van der Waals surface area contributed by atoms with Gasteiger partial charge >= 0.3 is 0 Å². The molecule has 1 aliphatic carbocycles. The van der Waals surface area contributed by atoms with Crippen LogP contribution in [0.25, 0.3) is 0 Å². The molecule has 21 heavy (non-hydrogen) atoms. The second-order valence-electron chi connectivity index (χ2n) is 6.38. The Morgan fingerprint density at radius 3 is 2.76 bits per heavy atom. The molecular weight excluding hydrogens is 262 g/mol. The zero-order valence-electron chi connectivity index (χ0n) is 13.8. The monoisotopic (exact) mass is 291 g/mol. The van der Waals surface area contributed by atoms with Gasteiger partial charge in [0, 0.05) is 13.2 Å². The Morgan fingerprint density at radius 1 is 1.24 bits per heavy atom. The minimum absolute atomic E-state index is 0.249. The van der Waals surface area contributed by atoms with Gasteiger partial charge in [0.15, 0.2) is 0 Å². The molecule has 4 unspecified atom stereocenters. The van der Waals surface area contributed by atoms with Crippen molar-refractivity contribution in [1.82, 2.24) is 5.32 Å². The largest absolute Gasteiger partial charge is 0.489 e. The first-order chi connectivity index (χ1) is 10.1. The molecule has 118 valence electrons. The third-order valence-corrected chi connectivity index (χ3v) is 4.34. The zero-order valence-corrected chi connectivity index (χ0v) is 13.8. The molecule has 2 rings (SSSR count).